The molecule has 1 aromatic carbocycles. The highest BCUT2D eigenvalue weighted by Crippen LogP contribution is 2.31. The molecule has 0 radical (unpaired) electrons. The molecule has 2 atom stereocenters. The first-order valence-corrected chi connectivity index (χ1v) is 8.26. The molecule has 2 fully saturated rings. The van der Waals surface area contributed by atoms with Crippen molar-refractivity contribution in [3.05, 3.63) is 33.8 Å². The molecule has 1 saturated carbocycles. The lowest BCUT2D eigenvalue weighted by atomic mass is 9.97. The van der Waals surface area contributed by atoms with E-state index in [9.17, 15) is 0 Å². The summed E-state index contributed by atoms with van der Waals surface area (Å²) in [6, 6.07) is 7.74. The number of halogens is 1. The minimum atomic E-state index is 0.245. The molecular weight excluding hydrogens is 316 g/mol. The maximum Gasteiger partial charge on any atom is 0.0896 e. The van der Waals surface area contributed by atoms with Gasteiger partial charge in [0, 0.05) is 23.6 Å². The van der Waals surface area contributed by atoms with Crippen molar-refractivity contribution in [3.63, 3.8) is 0 Å². The quantitative estimate of drug-likeness (QED) is 0.913. The van der Waals surface area contributed by atoms with Gasteiger partial charge in [-0.2, -0.15) is 0 Å². The van der Waals surface area contributed by atoms with Crippen LogP contribution in [0.25, 0.3) is 0 Å². The predicted octanol–water partition coefficient (Wildman–Crippen LogP) is 2.88. The second-order valence-electron chi connectivity index (χ2n) is 6.03. The third-order valence-electron chi connectivity index (χ3n) is 4.31. The third kappa shape index (κ3) is 3.25. The maximum atomic E-state index is 6.05. The molecule has 3 nitrogen and oxygen atoms in total. The van der Waals surface area contributed by atoms with Gasteiger partial charge in [0.1, 0.15) is 0 Å². The summed E-state index contributed by atoms with van der Waals surface area (Å²) in [7, 11) is 2.20. The summed E-state index contributed by atoms with van der Waals surface area (Å²) < 4.78 is 7.22. The highest BCUT2D eigenvalue weighted by Gasteiger charge is 2.33. The number of nitrogens with zero attached hydrogens (tertiary/aromatic N) is 1. The van der Waals surface area contributed by atoms with E-state index < -0.39 is 0 Å². The molecule has 1 aliphatic carbocycles. The molecule has 2 aliphatic rings. The summed E-state index contributed by atoms with van der Waals surface area (Å²) >= 11 is 3.58. The van der Waals surface area contributed by atoms with E-state index in [4.69, 9.17) is 4.74 Å². The highest BCUT2D eigenvalue weighted by atomic mass is 79.9. The van der Waals surface area contributed by atoms with E-state index >= 15 is 0 Å². The fraction of sp³-hybridized carbons (Fsp3) is 0.625. The smallest absolute Gasteiger partial charge is 0.0896 e. The molecule has 0 spiro atoms. The Kier molecular flexibility index (Phi) is 4.46. The second-order valence-corrected chi connectivity index (χ2v) is 6.88. The Labute approximate surface area is 129 Å². The standard InChI is InChI=1S/C16H23BrN2O/c1-11-9-12(3-6-14(11)17)16-15(10-18-13-4-5-13)20-8-7-19(16)2/h3,6,9,13,15-16,18H,4-5,7-8,10H2,1-2H3. The summed E-state index contributed by atoms with van der Waals surface area (Å²) in [6.45, 7) is 4.93. The van der Waals surface area contributed by atoms with Crippen molar-refractivity contribution in [2.45, 2.75) is 38.0 Å². The molecular formula is C16H23BrN2O. The average Bonchev–Trinajstić information content (AvgIpc) is 3.24. The van der Waals surface area contributed by atoms with Crippen molar-refractivity contribution in [1.82, 2.24) is 10.2 Å². The van der Waals surface area contributed by atoms with Gasteiger partial charge < -0.3 is 10.1 Å². The number of hydrogen-bond donors (Lipinski definition) is 1. The number of likely N-dealkylation sites (N-methyl/N-ethyl adjacent to an activating group) is 1. The molecule has 2 unspecified atom stereocenters. The van der Waals surface area contributed by atoms with Crippen LogP contribution in [-0.4, -0.2) is 43.8 Å². The topological polar surface area (TPSA) is 24.5 Å². The van der Waals surface area contributed by atoms with Gasteiger partial charge in [0.15, 0.2) is 0 Å². The van der Waals surface area contributed by atoms with Crippen LogP contribution in [0.5, 0.6) is 0 Å². The lowest BCUT2D eigenvalue weighted by molar-refractivity contribution is -0.0615. The molecule has 110 valence electrons. The predicted molar refractivity (Wildman–Crippen MR) is 85.0 cm³/mol. The fourth-order valence-corrected chi connectivity index (χ4v) is 3.17. The summed E-state index contributed by atoms with van der Waals surface area (Å²) in [5.74, 6) is 0. The van der Waals surface area contributed by atoms with Crippen molar-refractivity contribution in [1.29, 1.82) is 0 Å². The number of ether oxygens (including phenoxy) is 1. The number of rotatable bonds is 4. The molecule has 20 heavy (non-hydrogen) atoms. The lowest BCUT2D eigenvalue weighted by Gasteiger charge is -2.39. The Morgan fingerprint density at radius 3 is 2.90 bits per heavy atom. The largest absolute Gasteiger partial charge is 0.374 e. The van der Waals surface area contributed by atoms with Crippen molar-refractivity contribution >= 4 is 15.9 Å². The lowest BCUT2D eigenvalue weighted by Crippen LogP contribution is -2.47. The van der Waals surface area contributed by atoms with E-state index in [1.54, 1.807) is 0 Å². The third-order valence-corrected chi connectivity index (χ3v) is 5.20. The minimum Gasteiger partial charge on any atom is -0.374 e. The first kappa shape index (κ1) is 14.5. The van der Waals surface area contributed by atoms with Crippen LogP contribution in [0.2, 0.25) is 0 Å². The molecule has 0 aromatic heterocycles. The molecule has 0 bridgehead atoms. The number of nitrogens with one attached hydrogen (secondary N) is 1. The molecule has 4 heteroatoms. The molecule has 0 amide bonds. The van der Waals surface area contributed by atoms with Crippen molar-refractivity contribution in [2.24, 2.45) is 0 Å². The van der Waals surface area contributed by atoms with Crippen LogP contribution >= 0.6 is 15.9 Å². The van der Waals surface area contributed by atoms with E-state index in [0.717, 1.165) is 25.7 Å². The van der Waals surface area contributed by atoms with E-state index in [1.807, 2.05) is 0 Å². The number of aryl methyl sites for hydroxylation is 1. The van der Waals surface area contributed by atoms with Crippen LogP contribution in [-0.2, 0) is 4.74 Å². The van der Waals surface area contributed by atoms with Gasteiger partial charge in [0.05, 0.1) is 18.8 Å². The Bertz CT molecular complexity index is 476. The van der Waals surface area contributed by atoms with E-state index in [2.05, 4.69) is 58.3 Å². The van der Waals surface area contributed by atoms with E-state index in [0.29, 0.717) is 6.04 Å². The zero-order valence-electron chi connectivity index (χ0n) is 12.2. The van der Waals surface area contributed by atoms with Gasteiger partial charge in [-0.15, -0.1) is 0 Å². The second kappa shape index (κ2) is 6.14. The van der Waals surface area contributed by atoms with Gasteiger partial charge in [-0.1, -0.05) is 28.1 Å². The van der Waals surface area contributed by atoms with Crippen LogP contribution in [0.15, 0.2) is 22.7 Å². The Morgan fingerprint density at radius 2 is 2.20 bits per heavy atom. The normalized spacial score (nSPS) is 27.8. The number of hydrogen-bond acceptors (Lipinski definition) is 3. The molecule has 3 rings (SSSR count). The molecule has 1 aliphatic heterocycles. The van der Waals surface area contributed by atoms with Crippen LogP contribution in [0, 0.1) is 6.92 Å². The minimum absolute atomic E-state index is 0.245. The molecule has 1 heterocycles. The first-order valence-electron chi connectivity index (χ1n) is 7.46. The highest BCUT2D eigenvalue weighted by molar-refractivity contribution is 9.10. The van der Waals surface area contributed by atoms with Gasteiger partial charge in [0.2, 0.25) is 0 Å². The van der Waals surface area contributed by atoms with Gasteiger partial charge in [-0.3, -0.25) is 4.90 Å². The van der Waals surface area contributed by atoms with E-state index in [-0.39, 0.29) is 6.10 Å². The SMILES string of the molecule is Cc1cc(C2C(CNC3CC3)OCCN2C)ccc1Br. The van der Waals surface area contributed by atoms with E-state index in [1.165, 1.54) is 28.4 Å². The monoisotopic (exact) mass is 338 g/mol. The Balaban J connectivity index is 1.78. The Hall–Kier alpha value is -0.420. The van der Waals surface area contributed by atoms with Crippen LogP contribution in [0.1, 0.15) is 30.0 Å². The zero-order chi connectivity index (χ0) is 14.1. The average molecular weight is 339 g/mol. The first-order chi connectivity index (χ1) is 9.65. The maximum absolute atomic E-state index is 6.05. The van der Waals surface area contributed by atoms with Crippen molar-refractivity contribution in [3.8, 4) is 0 Å². The number of benzene rings is 1. The van der Waals surface area contributed by atoms with Crippen molar-refractivity contribution in [2.75, 3.05) is 26.7 Å². The van der Waals surface area contributed by atoms with Crippen LogP contribution in [0.3, 0.4) is 0 Å². The summed E-state index contributed by atoms with van der Waals surface area (Å²) in [4.78, 5) is 2.42. The Morgan fingerprint density at radius 1 is 1.40 bits per heavy atom. The molecule has 1 saturated heterocycles. The summed E-state index contributed by atoms with van der Waals surface area (Å²) in [5, 5.41) is 3.61. The van der Waals surface area contributed by atoms with Gasteiger partial charge >= 0.3 is 0 Å². The number of morpholine rings is 1. The van der Waals surface area contributed by atoms with Gasteiger partial charge in [0.25, 0.3) is 0 Å². The molecule has 1 N–H and O–H groups in total. The van der Waals surface area contributed by atoms with Gasteiger partial charge in [-0.25, -0.2) is 0 Å². The fourth-order valence-electron chi connectivity index (χ4n) is 2.92. The summed E-state index contributed by atoms with van der Waals surface area (Å²) in [5.41, 5.74) is 2.64. The van der Waals surface area contributed by atoms with Crippen LogP contribution < -0.4 is 5.32 Å². The van der Waals surface area contributed by atoms with Crippen molar-refractivity contribution < 1.29 is 4.74 Å². The zero-order valence-corrected chi connectivity index (χ0v) is 13.8. The molecule has 1 aromatic rings. The summed E-state index contributed by atoms with van der Waals surface area (Å²) in [6.07, 6.45) is 2.89. The van der Waals surface area contributed by atoms with Crippen LogP contribution in [0.4, 0.5) is 0 Å². The van der Waals surface area contributed by atoms with Gasteiger partial charge in [-0.05, 0) is 44.0 Å².